The highest BCUT2D eigenvalue weighted by Crippen LogP contribution is 2.41. The quantitative estimate of drug-likeness (QED) is 0.832. The Bertz CT molecular complexity index is 635. The maximum Gasteiger partial charge on any atom is 0.0438 e. The van der Waals surface area contributed by atoms with Gasteiger partial charge in [-0.15, -0.1) is 0 Å². The van der Waals surface area contributed by atoms with Crippen molar-refractivity contribution in [1.29, 1.82) is 0 Å². The number of hydrogen-bond donors (Lipinski definition) is 1. The molecule has 2 aromatic carbocycles. The molecular weight excluding hydrogens is 278 g/mol. The van der Waals surface area contributed by atoms with Crippen molar-refractivity contribution in [3.8, 4) is 0 Å². The third-order valence-corrected chi connectivity index (χ3v) is 5.06. The minimum Gasteiger partial charge on any atom is -0.313 e. The number of benzene rings is 2. The minimum absolute atomic E-state index is 0.482. The first-order valence-corrected chi connectivity index (χ1v) is 8.16. The Kier molecular flexibility index (Phi) is 4.32. The van der Waals surface area contributed by atoms with Gasteiger partial charge in [-0.1, -0.05) is 54.9 Å². The Morgan fingerprint density at radius 1 is 1.10 bits per heavy atom. The van der Waals surface area contributed by atoms with Crippen molar-refractivity contribution in [2.24, 2.45) is 0 Å². The molecule has 1 N–H and O–H groups in total. The van der Waals surface area contributed by atoms with Crippen LogP contribution in [0.1, 0.15) is 54.0 Å². The van der Waals surface area contributed by atoms with Crippen LogP contribution in [0.4, 0.5) is 0 Å². The van der Waals surface area contributed by atoms with Crippen LogP contribution in [0, 0.1) is 0 Å². The van der Waals surface area contributed by atoms with E-state index in [-0.39, 0.29) is 0 Å². The van der Waals surface area contributed by atoms with E-state index < -0.39 is 0 Å². The molecule has 0 bridgehead atoms. The van der Waals surface area contributed by atoms with Crippen LogP contribution in [0.5, 0.6) is 0 Å². The predicted molar refractivity (Wildman–Crippen MR) is 90.1 cm³/mol. The predicted octanol–water partition coefficient (Wildman–Crippen LogP) is 5.09. The minimum atomic E-state index is 0.482. The zero-order valence-corrected chi connectivity index (χ0v) is 13.5. The highest BCUT2D eigenvalue weighted by Gasteiger charge is 2.27. The SMILES string of the molecule is CCc1cc(C2CCC(NC)c3ccccc32)ccc1Cl. The van der Waals surface area contributed by atoms with Gasteiger partial charge in [-0.3, -0.25) is 0 Å². The number of aryl methyl sites for hydroxylation is 1. The maximum atomic E-state index is 6.27. The monoisotopic (exact) mass is 299 g/mol. The van der Waals surface area contributed by atoms with Crippen molar-refractivity contribution in [3.63, 3.8) is 0 Å². The summed E-state index contributed by atoms with van der Waals surface area (Å²) in [6, 6.07) is 15.9. The van der Waals surface area contributed by atoms with E-state index in [0.29, 0.717) is 12.0 Å². The van der Waals surface area contributed by atoms with Crippen molar-refractivity contribution >= 4 is 11.6 Å². The third kappa shape index (κ3) is 2.73. The molecule has 110 valence electrons. The molecule has 21 heavy (non-hydrogen) atoms. The van der Waals surface area contributed by atoms with Gasteiger partial charge in [0.05, 0.1) is 0 Å². The zero-order valence-electron chi connectivity index (χ0n) is 12.7. The Balaban J connectivity index is 2.04. The summed E-state index contributed by atoms with van der Waals surface area (Å²) >= 11 is 6.27. The third-order valence-electron chi connectivity index (χ3n) is 4.69. The van der Waals surface area contributed by atoms with Crippen LogP contribution in [-0.2, 0) is 6.42 Å². The topological polar surface area (TPSA) is 12.0 Å². The van der Waals surface area contributed by atoms with E-state index in [0.717, 1.165) is 11.4 Å². The zero-order chi connectivity index (χ0) is 14.8. The molecular formula is C19H22ClN. The number of nitrogens with one attached hydrogen (secondary N) is 1. The molecule has 0 aromatic heterocycles. The molecule has 0 aliphatic heterocycles. The standard InChI is InChI=1S/C19H22ClN/c1-3-13-12-14(8-10-18(13)20)15-9-11-19(21-2)17-7-5-4-6-16(15)17/h4-8,10,12,15,19,21H,3,9,11H2,1-2H3. The van der Waals surface area contributed by atoms with E-state index in [9.17, 15) is 0 Å². The molecule has 0 heterocycles. The Labute approximate surface area is 132 Å². The molecule has 1 aliphatic carbocycles. The number of halogens is 1. The van der Waals surface area contributed by atoms with Crippen molar-refractivity contribution in [3.05, 3.63) is 69.7 Å². The Hall–Kier alpha value is -1.31. The van der Waals surface area contributed by atoms with Crippen molar-refractivity contribution < 1.29 is 0 Å². The van der Waals surface area contributed by atoms with E-state index in [4.69, 9.17) is 11.6 Å². The smallest absolute Gasteiger partial charge is 0.0438 e. The molecule has 0 radical (unpaired) electrons. The second-order valence-electron chi connectivity index (χ2n) is 5.80. The summed E-state index contributed by atoms with van der Waals surface area (Å²) in [6.45, 7) is 2.16. The summed E-state index contributed by atoms with van der Waals surface area (Å²) in [4.78, 5) is 0. The fourth-order valence-electron chi connectivity index (χ4n) is 3.52. The van der Waals surface area contributed by atoms with Crippen LogP contribution in [0.2, 0.25) is 5.02 Å². The van der Waals surface area contributed by atoms with Crippen LogP contribution in [-0.4, -0.2) is 7.05 Å². The molecule has 0 saturated carbocycles. The van der Waals surface area contributed by atoms with Gasteiger partial charge in [0.2, 0.25) is 0 Å². The highest BCUT2D eigenvalue weighted by molar-refractivity contribution is 6.31. The van der Waals surface area contributed by atoms with Crippen LogP contribution in [0.25, 0.3) is 0 Å². The number of hydrogen-bond acceptors (Lipinski definition) is 1. The van der Waals surface area contributed by atoms with Gasteiger partial charge in [0.25, 0.3) is 0 Å². The first-order chi connectivity index (χ1) is 10.2. The second-order valence-corrected chi connectivity index (χ2v) is 6.21. The summed E-state index contributed by atoms with van der Waals surface area (Å²) in [5, 5.41) is 4.33. The van der Waals surface area contributed by atoms with Gasteiger partial charge < -0.3 is 5.32 Å². The second kappa shape index (κ2) is 6.21. The Morgan fingerprint density at radius 3 is 2.57 bits per heavy atom. The van der Waals surface area contributed by atoms with Crippen molar-refractivity contribution in [2.75, 3.05) is 7.05 Å². The van der Waals surface area contributed by atoms with E-state index in [2.05, 4.69) is 61.8 Å². The molecule has 2 unspecified atom stereocenters. The van der Waals surface area contributed by atoms with Crippen LogP contribution < -0.4 is 5.32 Å². The van der Waals surface area contributed by atoms with Gasteiger partial charge in [0.1, 0.15) is 0 Å². The molecule has 3 rings (SSSR count). The molecule has 2 heteroatoms. The van der Waals surface area contributed by atoms with Crippen LogP contribution in [0.3, 0.4) is 0 Å². The number of rotatable bonds is 3. The summed E-state index contributed by atoms with van der Waals surface area (Å²) in [6.07, 6.45) is 3.36. The Morgan fingerprint density at radius 2 is 1.86 bits per heavy atom. The molecule has 1 aliphatic rings. The summed E-state index contributed by atoms with van der Waals surface area (Å²) in [5.41, 5.74) is 5.57. The first kappa shape index (κ1) is 14.6. The number of fused-ring (bicyclic) bond motifs is 1. The average Bonchev–Trinajstić information content (AvgIpc) is 2.54. The molecule has 2 aromatic rings. The van der Waals surface area contributed by atoms with Crippen molar-refractivity contribution in [2.45, 2.75) is 38.1 Å². The van der Waals surface area contributed by atoms with Gasteiger partial charge in [-0.05, 0) is 54.6 Å². The lowest BCUT2D eigenvalue weighted by Crippen LogP contribution is -2.24. The summed E-state index contributed by atoms with van der Waals surface area (Å²) < 4.78 is 0. The molecule has 1 nitrogen and oxygen atoms in total. The van der Waals surface area contributed by atoms with Gasteiger partial charge in [-0.25, -0.2) is 0 Å². The maximum absolute atomic E-state index is 6.27. The summed E-state index contributed by atoms with van der Waals surface area (Å²) in [5.74, 6) is 0.494. The lowest BCUT2D eigenvalue weighted by Gasteiger charge is -2.32. The lowest BCUT2D eigenvalue weighted by molar-refractivity contribution is 0.470. The van der Waals surface area contributed by atoms with E-state index in [1.54, 1.807) is 0 Å². The normalized spacial score (nSPS) is 21.1. The highest BCUT2D eigenvalue weighted by atomic mass is 35.5. The van der Waals surface area contributed by atoms with Gasteiger partial charge in [-0.2, -0.15) is 0 Å². The van der Waals surface area contributed by atoms with Crippen LogP contribution >= 0.6 is 11.6 Å². The fourth-order valence-corrected chi connectivity index (χ4v) is 3.77. The molecule has 0 fully saturated rings. The van der Waals surface area contributed by atoms with Gasteiger partial charge in [0.15, 0.2) is 0 Å². The largest absolute Gasteiger partial charge is 0.313 e. The molecule has 0 spiro atoms. The van der Waals surface area contributed by atoms with E-state index in [1.165, 1.54) is 35.1 Å². The van der Waals surface area contributed by atoms with E-state index >= 15 is 0 Å². The van der Waals surface area contributed by atoms with Gasteiger partial charge in [0, 0.05) is 17.0 Å². The molecule has 2 atom stereocenters. The first-order valence-electron chi connectivity index (χ1n) is 7.79. The van der Waals surface area contributed by atoms with Crippen molar-refractivity contribution in [1.82, 2.24) is 5.32 Å². The van der Waals surface area contributed by atoms with E-state index in [1.807, 2.05) is 0 Å². The molecule has 0 saturated heterocycles. The van der Waals surface area contributed by atoms with Gasteiger partial charge >= 0.3 is 0 Å². The lowest BCUT2D eigenvalue weighted by atomic mass is 9.76. The summed E-state index contributed by atoms with van der Waals surface area (Å²) in [7, 11) is 2.05. The fraction of sp³-hybridized carbons (Fsp3) is 0.368. The van der Waals surface area contributed by atoms with Crippen LogP contribution in [0.15, 0.2) is 42.5 Å². The average molecular weight is 300 g/mol. The molecule has 0 amide bonds.